The number of anilines is 1. The van der Waals surface area contributed by atoms with Crippen molar-refractivity contribution in [3.8, 4) is 0 Å². The molecule has 1 atom stereocenters. The fourth-order valence-electron chi connectivity index (χ4n) is 3.19. The van der Waals surface area contributed by atoms with Gasteiger partial charge in [0, 0.05) is 18.7 Å². The van der Waals surface area contributed by atoms with Gasteiger partial charge in [0.25, 0.3) is 0 Å². The van der Waals surface area contributed by atoms with E-state index in [1.54, 1.807) is 0 Å². The number of rotatable bonds is 19. The Labute approximate surface area is 189 Å². The zero-order valence-corrected chi connectivity index (χ0v) is 19.4. The SMILES string of the molecule is CCCCCC=CCC=CCCCCCCCC(=O)OC[C@H](O)CNc1ccccc1. The van der Waals surface area contributed by atoms with Crippen molar-refractivity contribution >= 4 is 11.7 Å². The van der Waals surface area contributed by atoms with E-state index in [4.69, 9.17) is 4.74 Å². The van der Waals surface area contributed by atoms with Crippen molar-refractivity contribution < 1.29 is 14.6 Å². The maximum atomic E-state index is 11.8. The van der Waals surface area contributed by atoms with Crippen LogP contribution in [-0.2, 0) is 9.53 Å². The first-order valence-corrected chi connectivity index (χ1v) is 12.1. The first-order valence-electron chi connectivity index (χ1n) is 12.1. The summed E-state index contributed by atoms with van der Waals surface area (Å²) in [6, 6.07) is 9.67. The number of allylic oxidation sites excluding steroid dienone is 4. The van der Waals surface area contributed by atoms with E-state index in [9.17, 15) is 9.90 Å². The molecule has 1 aromatic carbocycles. The number of carbonyl (C=O) groups is 1. The van der Waals surface area contributed by atoms with Crippen LogP contribution in [0.15, 0.2) is 54.6 Å². The third-order valence-electron chi connectivity index (χ3n) is 5.08. The van der Waals surface area contributed by atoms with Crippen molar-refractivity contribution in [2.75, 3.05) is 18.5 Å². The summed E-state index contributed by atoms with van der Waals surface area (Å²) in [7, 11) is 0. The van der Waals surface area contributed by atoms with Gasteiger partial charge in [0.05, 0.1) is 0 Å². The highest BCUT2D eigenvalue weighted by atomic mass is 16.5. The molecule has 4 nitrogen and oxygen atoms in total. The lowest BCUT2D eigenvalue weighted by molar-refractivity contribution is -0.146. The number of aliphatic hydroxyl groups is 1. The second-order valence-corrected chi connectivity index (χ2v) is 8.06. The van der Waals surface area contributed by atoms with Gasteiger partial charge < -0.3 is 15.2 Å². The van der Waals surface area contributed by atoms with Crippen molar-refractivity contribution in [2.45, 2.75) is 90.1 Å². The zero-order chi connectivity index (χ0) is 22.4. The molecular weight excluding hydrogens is 386 g/mol. The summed E-state index contributed by atoms with van der Waals surface area (Å²) in [5.41, 5.74) is 0.943. The Kier molecular flexibility index (Phi) is 17.3. The minimum atomic E-state index is -0.700. The predicted molar refractivity (Wildman–Crippen MR) is 131 cm³/mol. The number of hydrogen-bond donors (Lipinski definition) is 2. The minimum absolute atomic E-state index is 0.0406. The monoisotopic (exact) mass is 429 g/mol. The van der Waals surface area contributed by atoms with Crippen LogP contribution in [0.2, 0.25) is 0 Å². The molecule has 0 aliphatic rings. The average molecular weight is 430 g/mol. The molecular formula is C27H43NO3. The largest absolute Gasteiger partial charge is 0.463 e. The molecule has 174 valence electrons. The lowest BCUT2D eigenvalue weighted by atomic mass is 10.1. The van der Waals surface area contributed by atoms with Crippen LogP contribution in [0.25, 0.3) is 0 Å². The molecule has 0 saturated carbocycles. The minimum Gasteiger partial charge on any atom is -0.463 e. The molecule has 0 amide bonds. The molecule has 31 heavy (non-hydrogen) atoms. The van der Waals surface area contributed by atoms with Crippen molar-refractivity contribution in [1.29, 1.82) is 0 Å². The lowest BCUT2D eigenvalue weighted by Gasteiger charge is -2.13. The number of unbranched alkanes of at least 4 members (excludes halogenated alkanes) is 8. The lowest BCUT2D eigenvalue weighted by Crippen LogP contribution is -2.26. The fraction of sp³-hybridized carbons (Fsp3) is 0.593. The van der Waals surface area contributed by atoms with Gasteiger partial charge in [-0.2, -0.15) is 0 Å². The fourth-order valence-corrected chi connectivity index (χ4v) is 3.19. The summed E-state index contributed by atoms with van der Waals surface area (Å²) in [5.74, 6) is -0.218. The summed E-state index contributed by atoms with van der Waals surface area (Å²) >= 11 is 0. The van der Waals surface area contributed by atoms with Gasteiger partial charge in [0.15, 0.2) is 0 Å². The van der Waals surface area contributed by atoms with Crippen LogP contribution in [0, 0.1) is 0 Å². The third kappa shape index (κ3) is 17.3. The van der Waals surface area contributed by atoms with Gasteiger partial charge in [0.1, 0.15) is 12.7 Å². The second-order valence-electron chi connectivity index (χ2n) is 8.06. The Morgan fingerprint density at radius 3 is 2.29 bits per heavy atom. The quantitative estimate of drug-likeness (QED) is 0.144. The van der Waals surface area contributed by atoms with Crippen LogP contribution in [-0.4, -0.2) is 30.3 Å². The van der Waals surface area contributed by atoms with E-state index in [0.29, 0.717) is 13.0 Å². The van der Waals surface area contributed by atoms with Gasteiger partial charge in [-0.25, -0.2) is 0 Å². The third-order valence-corrected chi connectivity index (χ3v) is 5.08. The number of carbonyl (C=O) groups excluding carboxylic acids is 1. The number of para-hydroxylation sites is 1. The molecule has 0 bridgehead atoms. The average Bonchev–Trinajstić information content (AvgIpc) is 2.79. The van der Waals surface area contributed by atoms with Crippen LogP contribution in [0.3, 0.4) is 0 Å². The van der Waals surface area contributed by atoms with E-state index >= 15 is 0 Å². The Morgan fingerprint density at radius 1 is 0.935 bits per heavy atom. The van der Waals surface area contributed by atoms with Crippen LogP contribution in [0.5, 0.6) is 0 Å². The van der Waals surface area contributed by atoms with Crippen molar-refractivity contribution in [3.05, 3.63) is 54.6 Å². The molecule has 0 aromatic heterocycles. The number of ether oxygens (including phenoxy) is 1. The highest BCUT2D eigenvalue weighted by Gasteiger charge is 2.08. The molecule has 0 unspecified atom stereocenters. The highest BCUT2D eigenvalue weighted by Crippen LogP contribution is 2.09. The number of hydrogen-bond acceptors (Lipinski definition) is 4. The molecule has 1 aromatic rings. The molecule has 0 radical (unpaired) electrons. The van der Waals surface area contributed by atoms with Gasteiger partial charge in [-0.05, 0) is 50.7 Å². The molecule has 0 spiro atoms. The first kappa shape index (κ1) is 27.0. The topological polar surface area (TPSA) is 58.6 Å². The molecule has 0 saturated heterocycles. The van der Waals surface area contributed by atoms with E-state index < -0.39 is 6.10 Å². The molecule has 0 aliphatic carbocycles. The smallest absolute Gasteiger partial charge is 0.305 e. The van der Waals surface area contributed by atoms with Gasteiger partial charge in [-0.1, -0.05) is 81.5 Å². The summed E-state index contributed by atoms with van der Waals surface area (Å²) in [5, 5.41) is 13.0. The second kappa shape index (κ2) is 19.9. The Balaban J connectivity index is 1.88. The Hall–Kier alpha value is -2.07. The van der Waals surface area contributed by atoms with E-state index in [2.05, 4.69) is 36.5 Å². The van der Waals surface area contributed by atoms with Crippen LogP contribution < -0.4 is 5.32 Å². The molecule has 2 N–H and O–H groups in total. The molecule has 0 fully saturated rings. The number of esters is 1. The first-order chi connectivity index (χ1) is 15.2. The molecule has 1 rings (SSSR count). The van der Waals surface area contributed by atoms with Gasteiger partial charge >= 0.3 is 5.97 Å². The summed E-state index contributed by atoms with van der Waals surface area (Å²) in [4.78, 5) is 11.8. The van der Waals surface area contributed by atoms with Crippen LogP contribution >= 0.6 is 0 Å². The number of nitrogens with one attached hydrogen (secondary N) is 1. The van der Waals surface area contributed by atoms with Gasteiger partial charge in [0.2, 0.25) is 0 Å². The highest BCUT2D eigenvalue weighted by molar-refractivity contribution is 5.69. The zero-order valence-electron chi connectivity index (χ0n) is 19.4. The van der Waals surface area contributed by atoms with Crippen LogP contribution in [0.4, 0.5) is 5.69 Å². The van der Waals surface area contributed by atoms with E-state index in [1.807, 2.05) is 30.3 Å². The van der Waals surface area contributed by atoms with E-state index in [0.717, 1.165) is 37.8 Å². The summed E-state index contributed by atoms with van der Waals surface area (Å²) < 4.78 is 5.17. The van der Waals surface area contributed by atoms with Gasteiger partial charge in [-0.3, -0.25) is 4.79 Å². The molecule has 0 heterocycles. The van der Waals surface area contributed by atoms with Crippen molar-refractivity contribution in [1.82, 2.24) is 0 Å². The van der Waals surface area contributed by atoms with Crippen molar-refractivity contribution in [2.24, 2.45) is 0 Å². The summed E-state index contributed by atoms with van der Waals surface area (Å²) in [6.45, 7) is 2.64. The van der Waals surface area contributed by atoms with E-state index in [1.165, 1.54) is 38.5 Å². The molecule has 4 heteroatoms. The maximum Gasteiger partial charge on any atom is 0.305 e. The Bertz CT molecular complexity index is 598. The number of aliphatic hydroxyl groups excluding tert-OH is 1. The van der Waals surface area contributed by atoms with Gasteiger partial charge in [-0.15, -0.1) is 0 Å². The Morgan fingerprint density at radius 2 is 1.58 bits per heavy atom. The maximum absolute atomic E-state index is 11.8. The van der Waals surface area contributed by atoms with Crippen LogP contribution in [0.1, 0.15) is 84.0 Å². The predicted octanol–water partition coefficient (Wildman–Crippen LogP) is 6.82. The van der Waals surface area contributed by atoms with Crippen molar-refractivity contribution in [3.63, 3.8) is 0 Å². The number of benzene rings is 1. The normalized spacial score (nSPS) is 12.5. The standard InChI is InChI=1S/C27H43NO3/c1-2-3-4-5-6-7-8-9-10-11-12-13-14-15-19-22-27(30)31-24-26(29)23-28-25-20-17-16-18-21-25/h6-7,9-10,16-18,20-21,26,28-29H,2-5,8,11-15,19,22-24H2,1H3/t26-/m1/s1. The molecule has 0 aliphatic heterocycles. The van der Waals surface area contributed by atoms with E-state index in [-0.39, 0.29) is 12.6 Å². The summed E-state index contributed by atoms with van der Waals surface area (Å²) in [6.07, 6.45) is 21.6.